The molecular formula is C13H23NO6S. The number of rotatable bonds is 5. The molecule has 0 radical (unpaired) electrons. The predicted molar refractivity (Wildman–Crippen MR) is 77.0 cm³/mol. The Bertz CT molecular complexity index is 369. The Morgan fingerprint density at radius 1 is 1.14 bits per heavy atom. The average Bonchev–Trinajstić information content (AvgIpc) is 2.92. The van der Waals surface area contributed by atoms with Crippen LogP contribution in [-0.4, -0.2) is 79.5 Å². The zero-order valence-electron chi connectivity index (χ0n) is 11.6. The lowest BCUT2D eigenvalue weighted by Crippen LogP contribution is -2.55. The van der Waals surface area contributed by atoms with Crippen molar-refractivity contribution in [3.63, 3.8) is 0 Å². The van der Waals surface area contributed by atoms with Gasteiger partial charge >= 0.3 is 5.97 Å². The highest BCUT2D eigenvalue weighted by Crippen LogP contribution is 2.42. The van der Waals surface area contributed by atoms with E-state index in [1.165, 1.54) is 11.8 Å². The standard InChI is InChI=1S/C13H23NO6S/c15-5-8-10(18)11(19)12(20)13(21-8)6-1-2-7(3-6)14-4-9(16)17/h6-8,10-15,18-20H,1-5H2,(H,16,17)/t6?,7?,8-,10+,11+,12-,13+/m1/s1. The minimum atomic E-state index is -1.25. The first kappa shape index (κ1) is 17.0. The molecular weight excluding hydrogens is 298 g/mol. The van der Waals surface area contributed by atoms with E-state index in [4.69, 9.17) is 5.11 Å². The molecule has 2 unspecified atom stereocenters. The third-order valence-electron chi connectivity index (χ3n) is 4.41. The monoisotopic (exact) mass is 321 g/mol. The first-order valence-electron chi connectivity index (χ1n) is 7.19. The number of carboxylic acid groups (broad SMARTS) is 1. The molecule has 7 atom stereocenters. The Balaban J connectivity index is 1.93. The van der Waals surface area contributed by atoms with Crippen molar-refractivity contribution in [3.05, 3.63) is 0 Å². The smallest absolute Gasteiger partial charge is 0.317 e. The number of hydrogen-bond acceptors (Lipinski definition) is 7. The van der Waals surface area contributed by atoms with E-state index >= 15 is 0 Å². The summed E-state index contributed by atoms with van der Waals surface area (Å²) in [5.41, 5.74) is 0. The second-order valence-electron chi connectivity index (χ2n) is 5.84. The van der Waals surface area contributed by atoms with Crippen LogP contribution in [0.15, 0.2) is 0 Å². The van der Waals surface area contributed by atoms with Gasteiger partial charge in [-0.1, -0.05) is 0 Å². The molecule has 0 spiro atoms. The van der Waals surface area contributed by atoms with Gasteiger partial charge in [0, 0.05) is 11.3 Å². The van der Waals surface area contributed by atoms with Gasteiger partial charge in [-0.25, -0.2) is 0 Å². The van der Waals surface area contributed by atoms with Crippen LogP contribution in [0.4, 0.5) is 0 Å². The van der Waals surface area contributed by atoms with Crippen molar-refractivity contribution in [3.8, 4) is 0 Å². The highest BCUT2D eigenvalue weighted by atomic mass is 32.2. The van der Waals surface area contributed by atoms with Crippen LogP contribution in [0, 0.1) is 5.92 Å². The quantitative estimate of drug-likeness (QED) is 0.357. The molecule has 0 aromatic heterocycles. The van der Waals surface area contributed by atoms with Gasteiger partial charge in [0.2, 0.25) is 0 Å². The predicted octanol–water partition coefficient (Wildman–Crippen LogP) is -1.61. The minimum absolute atomic E-state index is 0.0850. The molecule has 0 aromatic carbocycles. The largest absolute Gasteiger partial charge is 0.480 e. The number of carbonyl (C=O) groups is 1. The van der Waals surface area contributed by atoms with Gasteiger partial charge in [-0.2, -0.15) is 0 Å². The Kier molecular flexibility index (Phi) is 5.87. The van der Waals surface area contributed by atoms with Crippen LogP contribution < -0.4 is 5.32 Å². The van der Waals surface area contributed by atoms with Crippen molar-refractivity contribution >= 4 is 17.7 Å². The maximum absolute atomic E-state index is 10.6. The fourth-order valence-electron chi connectivity index (χ4n) is 3.25. The molecule has 0 bridgehead atoms. The third kappa shape index (κ3) is 3.88. The Morgan fingerprint density at radius 3 is 2.48 bits per heavy atom. The highest BCUT2D eigenvalue weighted by Gasteiger charge is 2.47. The topological polar surface area (TPSA) is 130 Å². The molecule has 7 nitrogen and oxygen atoms in total. The summed E-state index contributed by atoms with van der Waals surface area (Å²) >= 11 is 1.32. The van der Waals surface area contributed by atoms with E-state index in [0.29, 0.717) is 0 Å². The van der Waals surface area contributed by atoms with Crippen LogP contribution in [0.2, 0.25) is 0 Å². The first-order valence-corrected chi connectivity index (χ1v) is 8.14. The molecule has 21 heavy (non-hydrogen) atoms. The maximum atomic E-state index is 10.6. The van der Waals surface area contributed by atoms with Gasteiger partial charge in [0.1, 0.15) is 6.10 Å². The molecule has 1 aliphatic heterocycles. The van der Waals surface area contributed by atoms with E-state index in [1.54, 1.807) is 0 Å². The van der Waals surface area contributed by atoms with Crippen molar-refractivity contribution in [2.24, 2.45) is 5.92 Å². The number of carboxylic acids is 1. The van der Waals surface area contributed by atoms with Crippen LogP contribution in [0.1, 0.15) is 19.3 Å². The number of aliphatic carboxylic acids is 1. The summed E-state index contributed by atoms with van der Waals surface area (Å²) in [6.45, 7) is -0.335. The van der Waals surface area contributed by atoms with E-state index in [2.05, 4.69) is 5.32 Å². The first-order chi connectivity index (χ1) is 9.93. The van der Waals surface area contributed by atoms with Gasteiger partial charge < -0.3 is 30.8 Å². The summed E-state index contributed by atoms with van der Waals surface area (Å²) in [6.07, 6.45) is -1.04. The van der Waals surface area contributed by atoms with Crippen LogP contribution in [-0.2, 0) is 4.79 Å². The summed E-state index contributed by atoms with van der Waals surface area (Å²) in [5, 5.41) is 50.0. The van der Waals surface area contributed by atoms with Crippen molar-refractivity contribution in [2.75, 3.05) is 13.2 Å². The summed E-state index contributed by atoms with van der Waals surface area (Å²) in [5.74, 6) is -0.767. The Hall–Kier alpha value is -0.380. The second kappa shape index (κ2) is 7.26. The zero-order valence-corrected chi connectivity index (χ0v) is 12.4. The van der Waals surface area contributed by atoms with Gasteiger partial charge in [-0.15, -0.1) is 11.8 Å². The lowest BCUT2D eigenvalue weighted by molar-refractivity contribution is -0.136. The van der Waals surface area contributed by atoms with Crippen LogP contribution in [0.5, 0.6) is 0 Å². The summed E-state index contributed by atoms with van der Waals surface area (Å²) in [4.78, 5) is 10.6. The summed E-state index contributed by atoms with van der Waals surface area (Å²) < 4.78 is 0. The number of thioether (sulfide) groups is 1. The maximum Gasteiger partial charge on any atom is 0.317 e. The van der Waals surface area contributed by atoms with E-state index in [-0.39, 0.29) is 30.4 Å². The number of aliphatic hydroxyl groups is 4. The molecule has 1 aliphatic carbocycles. The molecule has 8 heteroatoms. The molecule has 122 valence electrons. The average molecular weight is 321 g/mol. The number of nitrogens with one attached hydrogen (secondary N) is 1. The van der Waals surface area contributed by atoms with Gasteiger partial charge in [-0.3, -0.25) is 4.79 Å². The molecule has 6 N–H and O–H groups in total. The molecule has 1 heterocycles. The molecule has 1 saturated carbocycles. The SMILES string of the molecule is O=C(O)CNC1CCC([C@@H]2S[C@H](CO)[C@H](O)[C@H](O)[C@H]2O)C1. The van der Waals surface area contributed by atoms with Crippen molar-refractivity contribution < 1.29 is 30.3 Å². The Labute approximate surface area is 127 Å². The fraction of sp³-hybridized carbons (Fsp3) is 0.923. The normalized spacial score (nSPS) is 43.9. The molecule has 2 aliphatic rings. The molecule has 2 fully saturated rings. The molecule has 1 saturated heterocycles. The number of hydrogen-bond donors (Lipinski definition) is 6. The van der Waals surface area contributed by atoms with E-state index in [9.17, 15) is 25.2 Å². The highest BCUT2D eigenvalue weighted by molar-refractivity contribution is 8.00. The lowest BCUT2D eigenvalue weighted by atomic mass is 9.92. The fourth-order valence-corrected chi connectivity index (χ4v) is 4.86. The lowest BCUT2D eigenvalue weighted by Gasteiger charge is -2.42. The van der Waals surface area contributed by atoms with E-state index in [1.807, 2.05) is 0 Å². The van der Waals surface area contributed by atoms with E-state index in [0.717, 1.165) is 19.3 Å². The third-order valence-corrected chi connectivity index (χ3v) is 6.16. The van der Waals surface area contributed by atoms with Crippen LogP contribution >= 0.6 is 11.8 Å². The molecule has 0 amide bonds. The van der Waals surface area contributed by atoms with Crippen molar-refractivity contribution in [1.82, 2.24) is 5.32 Å². The minimum Gasteiger partial charge on any atom is -0.480 e. The molecule has 2 rings (SSSR count). The zero-order chi connectivity index (χ0) is 15.6. The van der Waals surface area contributed by atoms with Crippen molar-refractivity contribution in [1.29, 1.82) is 0 Å². The van der Waals surface area contributed by atoms with Gasteiger partial charge in [0.25, 0.3) is 0 Å². The van der Waals surface area contributed by atoms with Gasteiger partial charge in [0.15, 0.2) is 0 Å². The van der Waals surface area contributed by atoms with Crippen LogP contribution in [0.25, 0.3) is 0 Å². The van der Waals surface area contributed by atoms with E-state index < -0.39 is 29.5 Å². The molecule has 0 aromatic rings. The van der Waals surface area contributed by atoms with Gasteiger partial charge in [0.05, 0.1) is 30.6 Å². The number of aliphatic hydroxyl groups excluding tert-OH is 4. The second-order valence-corrected chi connectivity index (χ2v) is 7.26. The summed E-state index contributed by atoms with van der Waals surface area (Å²) in [7, 11) is 0. The Morgan fingerprint density at radius 2 is 1.86 bits per heavy atom. The van der Waals surface area contributed by atoms with Crippen molar-refractivity contribution in [2.45, 2.75) is 54.1 Å². The van der Waals surface area contributed by atoms with Gasteiger partial charge in [-0.05, 0) is 25.2 Å². The van der Waals surface area contributed by atoms with Crippen LogP contribution in [0.3, 0.4) is 0 Å². The summed E-state index contributed by atoms with van der Waals surface area (Å²) in [6, 6.07) is 0.0930.